The van der Waals surface area contributed by atoms with Crippen molar-refractivity contribution in [3.05, 3.63) is 69.9 Å². The number of nitrogens with one attached hydrogen (secondary N) is 2. The number of nitrogens with zero attached hydrogens (tertiary/aromatic N) is 1. The van der Waals surface area contributed by atoms with Crippen LogP contribution in [0.5, 0.6) is 0 Å². The fourth-order valence-electron chi connectivity index (χ4n) is 3.70. The summed E-state index contributed by atoms with van der Waals surface area (Å²) in [4.78, 5) is 26.8. The van der Waals surface area contributed by atoms with Gasteiger partial charge in [0.15, 0.2) is 0 Å². The fourth-order valence-corrected chi connectivity index (χ4v) is 5.65. The molecule has 0 saturated heterocycles. The predicted octanol–water partition coefficient (Wildman–Crippen LogP) is 4.41. The van der Waals surface area contributed by atoms with Gasteiger partial charge in [-0.15, -0.1) is 11.3 Å². The van der Waals surface area contributed by atoms with Crippen LogP contribution in [0.3, 0.4) is 0 Å². The van der Waals surface area contributed by atoms with E-state index in [1.54, 1.807) is 55.1 Å². The van der Waals surface area contributed by atoms with Crippen molar-refractivity contribution in [1.29, 1.82) is 0 Å². The topological polar surface area (TPSA) is 95.6 Å². The molecule has 9 heteroatoms. The number of rotatable bonds is 6. The highest BCUT2D eigenvalue weighted by atomic mass is 32.2. The summed E-state index contributed by atoms with van der Waals surface area (Å²) in [7, 11) is -3.82. The van der Waals surface area contributed by atoms with Gasteiger partial charge in [-0.2, -0.15) is 0 Å². The average Bonchev–Trinajstić information content (AvgIpc) is 3.42. The van der Waals surface area contributed by atoms with Crippen LogP contribution in [0, 0.1) is 6.92 Å². The molecule has 2 heterocycles. The zero-order valence-corrected chi connectivity index (χ0v) is 19.3. The Bertz CT molecular complexity index is 1280. The van der Waals surface area contributed by atoms with Gasteiger partial charge in [-0.25, -0.2) is 8.42 Å². The first kappa shape index (κ1) is 22.0. The molecule has 0 unspecified atom stereocenters. The molecule has 2 aromatic carbocycles. The van der Waals surface area contributed by atoms with E-state index in [-0.39, 0.29) is 16.7 Å². The second kappa shape index (κ2) is 8.76. The summed E-state index contributed by atoms with van der Waals surface area (Å²) in [6.45, 7) is 4.00. The van der Waals surface area contributed by atoms with Crippen molar-refractivity contribution in [2.24, 2.45) is 0 Å². The third kappa shape index (κ3) is 4.39. The second-order valence-corrected chi connectivity index (χ2v) is 10.1. The molecule has 0 spiro atoms. The Labute approximate surface area is 191 Å². The summed E-state index contributed by atoms with van der Waals surface area (Å²) >= 11 is 1.40. The summed E-state index contributed by atoms with van der Waals surface area (Å²) in [6.07, 6.45) is 1.00. The van der Waals surface area contributed by atoms with E-state index in [0.717, 1.165) is 11.3 Å². The fraction of sp³-hybridized carbons (Fsp3) is 0.217. The lowest BCUT2D eigenvalue weighted by atomic mass is 10.1. The second-order valence-electron chi connectivity index (χ2n) is 7.52. The molecular formula is C23H23N3O4S2. The van der Waals surface area contributed by atoms with Crippen LogP contribution < -0.4 is 14.9 Å². The molecule has 1 aliphatic heterocycles. The van der Waals surface area contributed by atoms with Gasteiger partial charge in [0.2, 0.25) is 5.91 Å². The van der Waals surface area contributed by atoms with Crippen LogP contribution in [0.25, 0.3) is 0 Å². The summed E-state index contributed by atoms with van der Waals surface area (Å²) in [5, 5.41) is 4.60. The normalized spacial score (nSPS) is 13.0. The van der Waals surface area contributed by atoms with Gasteiger partial charge in [0.05, 0.1) is 9.77 Å². The van der Waals surface area contributed by atoms with Crippen LogP contribution in [0.2, 0.25) is 0 Å². The summed E-state index contributed by atoms with van der Waals surface area (Å²) in [5.41, 5.74) is 3.25. The van der Waals surface area contributed by atoms with E-state index in [0.29, 0.717) is 41.2 Å². The van der Waals surface area contributed by atoms with E-state index in [9.17, 15) is 18.0 Å². The van der Waals surface area contributed by atoms with Gasteiger partial charge in [0.1, 0.15) is 0 Å². The number of benzene rings is 2. The third-order valence-corrected chi connectivity index (χ3v) is 7.67. The van der Waals surface area contributed by atoms with Gasteiger partial charge in [-0.3, -0.25) is 14.3 Å². The molecule has 0 saturated carbocycles. The minimum Gasteiger partial charge on any atom is -0.326 e. The van der Waals surface area contributed by atoms with Crippen molar-refractivity contribution in [2.75, 3.05) is 21.5 Å². The van der Waals surface area contributed by atoms with E-state index >= 15 is 0 Å². The molecule has 0 radical (unpaired) electrons. The van der Waals surface area contributed by atoms with Gasteiger partial charge in [0.25, 0.3) is 15.9 Å². The van der Waals surface area contributed by atoms with Crippen molar-refractivity contribution >= 4 is 50.2 Å². The SMILES string of the molecule is CCC(=O)Nc1ccc(S(=O)(=O)Nc2ccc3c(c2)CCN3C(=O)c2cccs2)c(C)c1. The number of hydrogen-bond acceptors (Lipinski definition) is 5. The molecule has 0 bridgehead atoms. The zero-order chi connectivity index (χ0) is 22.9. The van der Waals surface area contributed by atoms with Crippen molar-refractivity contribution < 1.29 is 18.0 Å². The minimum absolute atomic E-state index is 0.0436. The Morgan fingerprint density at radius 1 is 1.09 bits per heavy atom. The third-order valence-electron chi connectivity index (χ3n) is 5.27. The Morgan fingerprint density at radius 2 is 1.88 bits per heavy atom. The van der Waals surface area contributed by atoms with Crippen LogP contribution in [0.1, 0.15) is 34.1 Å². The van der Waals surface area contributed by atoms with Gasteiger partial charge < -0.3 is 10.2 Å². The maximum absolute atomic E-state index is 13.0. The molecule has 1 aromatic heterocycles. The molecular weight excluding hydrogens is 446 g/mol. The predicted molar refractivity (Wildman–Crippen MR) is 127 cm³/mol. The molecule has 0 fully saturated rings. The lowest BCUT2D eigenvalue weighted by Crippen LogP contribution is -2.28. The smallest absolute Gasteiger partial charge is 0.268 e. The number of carbonyl (C=O) groups is 2. The van der Waals surface area contributed by atoms with Crippen LogP contribution >= 0.6 is 11.3 Å². The molecule has 3 aromatic rings. The lowest BCUT2D eigenvalue weighted by molar-refractivity contribution is -0.115. The Morgan fingerprint density at radius 3 is 2.56 bits per heavy atom. The molecule has 166 valence electrons. The van der Waals surface area contributed by atoms with E-state index in [1.165, 1.54) is 17.4 Å². The van der Waals surface area contributed by atoms with E-state index in [2.05, 4.69) is 10.0 Å². The number of amides is 2. The summed E-state index contributed by atoms with van der Waals surface area (Å²) < 4.78 is 28.6. The van der Waals surface area contributed by atoms with E-state index < -0.39 is 10.0 Å². The van der Waals surface area contributed by atoms with E-state index in [4.69, 9.17) is 0 Å². The first-order valence-corrected chi connectivity index (χ1v) is 12.6. The number of thiophene rings is 1. The monoisotopic (exact) mass is 469 g/mol. The van der Waals surface area contributed by atoms with Crippen LogP contribution in [0.4, 0.5) is 17.1 Å². The Balaban J connectivity index is 1.53. The molecule has 32 heavy (non-hydrogen) atoms. The van der Waals surface area contributed by atoms with E-state index in [1.807, 2.05) is 11.4 Å². The molecule has 2 amide bonds. The number of carbonyl (C=O) groups excluding carboxylic acids is 2. The van der Waals surface area contributed by atoms with Crippen molar-refractivity contribution in [3.63, 3.8) is 0 Å². The van der Waals surface area contributed by atoms with Gasteiger partial charge >= 0.3 is 0 Å². The minimum atomic E-state index is -3.82. The maximum atomic E-state index is 13.0. The number of anilines is 3. The summed E-state index contributed by atoms with van der Waals surface area (Å²) in [5.74, 6) is -0.180. The highest BCUT2D eigenvalue weighted by Gasteiger charge is 2.27. The van der Waals surface area contributed by atoms with Crippen molar-refractivity contribution in [1.82, 2.24) is 0 Å². The van der Waals surface area contributed by atoms with Crippen molar-refractivity contribution in [3.8, 4) is 0 Å². The molecule has 4 rings (SSSR count). The van der Waals surface area contributed by atoms with Crippen LogP contribution in [-0.4, -0.2) is 26.8 Å². The standard InChI is InChI=1S/C23H23N3O4S2/c1-3-22(27)24-17-7-9-21(15(2)13-17)32(29,30)25-18-6-8-19-16(14-18)10-11-26(19)23(28)20-5-4-12-31-20/h4-9,12-14,25H,3,10-11H2,1-2H3,(H,24,27). The average molecular weight is 470 g/mol. The van der Waals surface area contributed by atoms with Crippen LogP contribution in [0.15, 0.2) is 58.8 Å². The molecule has 1 aliphatic rings. The maximum Gasteiger partial charge on any atom is 0.268 e. The first-order valence-electron chi connectivity index (χ1n) is 10.2. The van der Waals surface area contributed by atoms with Gasteiger partial charge in [-0.1, -0.05) is 13.0 Å². The molecule has 7 nitrogen and oxygen atoms in total. The summed E-state index contributed by atoms with van der Waals surface area (Å²) in [6, 6.07) is 13.6. The molecule has 0 atom stereocenters. The Kier molecular flexibility index (Phi) is 6.03. The molecule has 0 aliphatic carbocycles. The lowest BCUT2D eigenvalue weighted by Gasteiger charge is -2.17. The van der Waals surface area contributed by atoms with Gasteiger partial charge in [-0.05, 0) is 72.3 Å². The number of sulfonamides is 1. The number of hydrogen-bond donors (Lipinski definition) is 2. The number of fused-ring (bicyclic) bond motifs is 1. The van der Waals surface area contributed by atoms with Crippen LogP contribution in [-0.2, 0) is 21.2 Å². The highest BCUT2D eigenvalue weighted by Crippen LogP contribution is 2.33. The first-order chi connectivity index (χ1) is 15.3. The molecule has 2 N–H and O–H groups in total. The Hall–Kier alpha value is -3.17. The highest BCUT2D eigenvalue weighted by molar-refractivity contribution is 7.92. The largest absolute Gasteiger partial charge is 0.326 e. The number of aryl methyl sites for hydroxylation is 1. The quantitative estimate of drug-likeness (QED) is 0.559. The van der Waals surface area contributed by atoms with Gasteiger partial charge in [0, 0.05) is 30.0 Å². The zero-order valence-electron chi connectivity index (χ0n) is 17.7. The van der Waals surface area contributed by atoms with Crippen molar-refractivity contribution in [2.45, 2.75) is 31.6 Å².